The molecule has 1 amide bonds. The largest absolute Gasteiger partial charge is 0.380 e. The summed E-state index contributed by atoms with van der Waals surface area (Å²) in [7, 11) is 0. The molecule has 0 aliphatic carbocycles. The third-order valence-electron chi connectivity index (χ3n) is 5.21. The van der Waals surface area contributed by atoms with E-state index in [1.165, 1.54) is 37.9 Å². The van der Waals surface area contributed by atoms with Crippen molar-refractivity contribution in [1.82, 2.24) is 9.80 Å². The van der Waals surface area contributed by atoms with E-state index in [1.54, 1.807) is 0 Å². The van der Waals surface area contributed by atoms with Gasteiger partial charge in [0.1, 0.15) is 0 Å². The lowest BCUT2D eigenvalue weighted by Gasteiger charge is -2.27. The zero-order chi connectivity index (χ0) is 16.8. The maximum Gasteiger partial charge on any atom is 0.254 e. The summed E-state index contributed by atoms with van der Waals surface area (Å²) in [5, 5.41) is 0. The molecule has 1 aromatic rings. The monoisotopic (exact) mass is 330 g/mol. The fourth-order valence-electron chi connectivity index (χ4n) is 3.82. The van der Waals surface area contributed by atoms with Crippen molar-refractivity contribution in [2.45, 2.75) is 51.6 Å². The van der Waals surface area contributed by atoms with Crippen LogP contribution in [0, 0.1) is 0 Å². The summed E-state index contributed by atoms with van der Waals surface area (Å²) >= 11 is 0. The Hall–Kier alpha value is -1.39. The Morgan fingerprint density at radius 2 is 1.83 bits per heavy atom. The van der Waals surface area contributed by atoms with Crippen molar-refractivity contribution in [2.24, 2.45) is 0 Å². The van der Waals surface area contributed by atoms with Crippen molar-refractivity contribution in [2.75, 3.05) is 32.8 Å². The number of carbonyl (C=O) groups excluding carboxylic acids is 1. The van der Waals surface area contributed by atoms with E-state index in [0.29, 0.717) is 13.2 Å². The second-order valence-electron chi connectivity index (χ2n) is 6.99. The Bertz CT molecular complexity index is 523. The average Bonchev–Trinajstić information content (AvgIpc) is 3.09. The van der Waals surface area contributed by atoms with Gasteiger partial charge in [-0.3, -0.25) is 9.69 Å². The molecule has 4 nitrogen and oxygen atoms in total. The van der Waals surface area contributed by atoms with Crippen LogP contribution in [-0.2, 0) is 11.3 Å². The molecule has 3 rings (SSSR count). The lowest BCUT2D eigenvalue weighted by Crippen LogP contribution is -2.38. The van der Waals surface area contributed by atoms with Gasteiger partial charge in [-0.2, -0.15) is 0 Å². The highest BCUT2D eigenvalue weighted by Crippen LogP contribution is 2.21. The molecule has 0 N–H and O–H groups in total. The fraction of sp³-hybridized carbons (Fsp3) is 0.650. The van der Waals surface area contributed by atoms with E-state index >= 15 is 0 Å². The molecule has 2 saturated heterocycles. The van der Waals surface area contributed by atoms with Crippen molar-refractivity contribution < 1.29 is 9.53 Å². The first kappa shape index (κ1) is 17.4. The van der Waals surface area contributed by atoms with Gasteiger partial charge in [-0.1, -0.05) is 18.6 Å². The molecule has 2 aliphatic rings. The third-order valence-corrected chi connectivity index (χ3v) is 5.21. The average molecular weight is 330 g/mol. The van der Waals surface area contributed by atoms with Gasteiger partial charge in [-0.05, 0) is 63.4 Å². The van der Waals surface area contributed by atoms with Crippen molar-refractivity contribution in [3.05, 3.63) is 35.4 Å². The van der Waals surface area contributed by atoms with Crippen LogP contribution in [-0.4, -0.2) is 54.6 Å². The number of hydrogen-bond acceptors (Lipinski definition) is 3. The Morgan fingerprint density at radius 3 is 2.54 bits per heavy atom. The van der Waals surface area contributed by atoms with Crippen LogP contribution in [0.5, 0.6) is 0 Å². The summed E-state index contributed by atoms with van der Waals surface area (Å²) in [6.45, 7) is 7.64. The molecule has 0 aromatic heterocycles. The van der Waals surface area contributed by atoms with Crippen molar-refractivity contribution in [1.29, 1.82) is 0 Å². The van der Waals surface area contributed by atoms with Gasteiger partial charge in [-0.15, -0.1) is 0 Å². The maximum atomic E-state index is 12.8. The summed E-state index contributed by atoms with van der Waals surface area (Å²) in [4.78, 5) is 17.3. The zero-order valence-electron chi connectivity index (χ0n) is 14.9. The molecule has 0 unspecified atom stereocenters. The Kier molecular flexibility index (Phi) is 6.27. The van der Waals surface area contributed by atoms with Crippen molar-refractivity contribution >= 4 is 5.91 Å². The number of benzene rings is 1. The quantitative estimate of drug-likeness (QED) is 0.802. The number of ether oxygens (including phenoxy) is 1. The maximum absolute atomic E-state index is 12.8. The van der Waals surface area contributed by atoms with E-state index < -0.39 is 0 Å². The van der Waals surface area contributed by atoms with Gasteiger partial charge in [-0.25, -0.2) is 0 Å². The van der Waals surface area contributed by atoms with Gasteiger partial charge in [0, 0.05) is 25.3 Å². The first-order valence-electron chi connectivity index (χ1n) is 9.48. The highest BCUT2D eigenvalue weighted by atomic mass is 16.5. The Labute approximate surface area is 145 Å². The van der Waals surface area contributed by atoms with Crippen LogP contribution in [0.15, 0.2) is 24.3 Å². The highest BCUT2D eigenvalue weighted by molar-refractivity contribution is 5.94. The zero-order valence-corrected chi connectivity index (χ0v) is 14.9. The van der Waals surface area contributed by atoms with Crippen LogP contribution in [0.3, 0.4) is 0 Å². The van der Waals surface area contributed by atoms with Crippen molar-refractivity contribution in [3.8, 4) is 0 Å². The highest BCUT2D eigenvalue weighted by Gasteiger charge is 2.29. The number of carbonyl (C=O) groups is 1. The summed E-state index contributed by atoms with van der Waals surface area (Å²) in [6, 6.07) is 8.48. The number of likely N-dealkylation sites (tertiary alicyclic amines) is 2. The first-order valence-corrected chi connectivity index (χ1v) is 9.48. The molecule has 1 atom stereocenters. The van der Waals surface area contributed by atoms with E-state index in [-0.39, 0.29) is 11.9 Å². The van der Waals surface area contributed by atoms with Gasteiger partial charge in [0.15, 0.2) is 0 Å². The topological polar surface area (TPSA) is 32.8 Å². The molecule has 2 heterocycles. The molecule has 1 aromatic carbocycles. The standard InChI is InChI=1S/C20H30N2O2/c1-2-24-16-19-7-6-14-22(19)20(23)18-10-8-17(9-11-18)15-21-12-4-3-5-13-21/h8-11,19H,2-7,12-16H2,1H3/t19-/m1/s1. The first-order chi connectivity index (χ1) is 11.8. The predicted molar refractivity (Wildman–Crippen MR) is 96.1 cm³/mol. The predicted octanol–water partition coefficient (Wildman–Crippen LogP) is 3.31. The third kappa shape index (κ3) is 4.37. The summed E-state index contributed by atoms with van der Waals surface area (Å²) < 4.78 is 5.54. The smallest absolute Gasteiger partial charge is 0.254 e. The molecular formula is C20H30N2O2. The van der Waals surface area contributed by atoms with Crippen molar-refractivity contribution in [3.63, 3.8) is 0 Å². The van der Waals surface area contributed by atoms with Gasteiger partial charge in [0.05, 0.1) is 12.6 Å². The lowest BCUT2D eigenvalue weighted by atomic mass is 10.1. The molecule has 2 aliphatic heterocycles. The van der Waals surface area contributed by atoms with Crippen LogP contribution >= 0.6 is 0 Å². The molecular weight excluding hydrogens is 300 g/mol. The van der Waals surface area contributed by atoms with E-state index in [2.05, 4.69) is 17.0 Å². The van der Waals surface area contributed by atoms with Gasteiger partial charge < -0.3 is 9.64 Å². The van der Waals surface area contributed by atoms with Gasteiger partial charge in [0.25, 0.3) is 5.91 Å². The summed E-state index contributed by atoms with van der Waals surface area (Å²) in [5.74, 6) is 0.154. The van der Waals surface area contributed by atoms with E-state index in [1.807, 2.05) is 24.0 Å². The molecule has 4 heteroatoms. The normalized spacial score (nSPS) is 22.0. The SMILES string of the molecule is CCOC[C@H]1CCCN1C(=O)c1ccc(CN2CCCCC2)cc1. The number of nitrogens with zero attached hydrogens (tertiary/aromatic N) is 2. The van der Waals surface area contributed by atoms with Gasteiger partial charge in [0.2, 0.25) is 0 Å². The Balaban J connectivity index is 1.58. The van der Waals surface area contributed by atoms with Crippen LogP contribution in [0.25, 0.3) is 0 Å². The molecule has 0 spiro atoms. The van der Waals surface area contributed by atoms with Crippen LogP contribution in [0.4, 0.5) is 0 Å². The second-order valence-corrected chi connectivity index (χ2v) is 6.99. The minimum atomic E-state index is 0.154. The minimum Gasteiger partial charge on any atom is -0.380 e. The molecule has 0 saturated carbocycles. The number of piperidine rings is 1. The molecule has 132 valence electrons. The van der Waals surface area contributed by atoms with Crippen LogP contribution in [0.2, 0.25) is 0 Å². The molecule has 2 fully saturated rings. The Morgan fingerprint density at radius 1 is 1.08 bits per heavy atom. The number of hydrogen-bond donors (Lipinski definition) is 0. The summed E-state index contributed by atoms with van der Waals surface area (Å²) in [5.41, 5.74) is 2.11. The van der Waals surface area contributed by atoms with Gasteiger partial charge >= 0.3 is 0 Å². The van der Waals surface area contributed by atoms with E-state index in [4.69, 9.17) is 4.74 Å². The fourth-order valence-corrected chi connectivity index (χ4v) is 3.82. The lowest BCUT2D eigenvalue weighted by molar-refractivity contribution is 0.0564. The second kappa shape index (κ2) is 8.63. The number of rotatable bonds is 6. The molecule has 24 heavy (non-hydrogen) atoms. The van der Waals surface area contributed by atoms with Crippen LogP contribution < -0.4 is 0 Å². The number of amides is 1. The minimum absolute atomic E-state index is 0.154. The van der Waals surface area contributed by atoms with E-state index in [9.17, 15) is 4.79 Å². The molecule has 0 radical (unpaired) electrons. The molecule has 0 bridgehead atoms. The van der Waals surface area contributed by atoms with E-state index in [0.717, 1.165) is 31.5 Å². The summed E-state index contributed by atoms with van der Waals surface area (Å²) in [6.07, 6.45) is 6.12. The van der Waals surface area contributed by atoms with Crippen LogP contribution in [0.1, 0.15) is 54.9 Å².